The van der Waals surface area contributed by atoms with E-state index in [1.807, 2.05) is 23.6 Å². The highest BCUT2D eigenvalue weighted by Gasteiger charge is 2.06. The Morgan fingerprint density at radius 3 is 2.86 bits per heavy atom. The number of benzene rings is 1. The molecule has 0 aliphatic heterocycles. The van der Waals surface area contributed by atoms with E-state index in [0.717, 1.165) is 14.9 Å². The van der Waals surface area contributed by atoms with Crippen molar-refractivity contribution in [2.24, 2.45) is 0 Å². The Morgan fingerprint density at radius 2 is 2.14 bits per heavy atom. The third-order valence-corrected chi connectivity index (χ3v) is 4.75. The molecule has 0 unspecified atom stereocenters. The van der Waals surface area contributed by atoms with Crippen molar-refractivity contribution in [3.63, 3.8) is 0 Å². The number of halogens is 1. The van der Waals surface area contributed by atoms with Crippen LogP contribution in [0.3, 0.4) is 0 Å². The summed E-state index contributed by atoms with van der Waals surface area (Å²) >= 11 is 4.98. The van der Waals surface area contributed by atoms with Crippen LogP contribution >= 0.6 is 27.3 Å². The van der Waals surface area contributed by atoms with Crippen molar-refractivity contribution in [2.75, 3.05) is 0 Å². The van der Waals surface area contributed by atoms with Gasteiger partial charge in [0, 0.05) is 20.8 Å². The molecule has 0 radical (unpaired) electrons. The first-order chi connectivity index (χ1) is 10.7. The number of thiophene rings is 1. The lowest BCUT2D eigenvalue weighted by molar-refractivity contribution is 0.649. The standard InChI is InChI=1S/C16H10BrN3OS/c1-18-13-4-2-3-11(7-13)15-5-6-16(21)20(19-15)9-14-8-12(17)10-22-14/h2-8,10H,9H2. The summed E-state index contributed by atoms with van der Waals surface area (Å²) in [5.41, 5.74) is 1.92. The molecule has 22 heavy (non-hydrogen) atoms. The summed E-state index contributed by atoms with van der Waals surface area (Å²) in [4.78, 5) is 16.4. The Morgan fingerprint density at radius 1 is 1.27 bits per heavy atom. The van der Waals surface area contributed by atoms with Crippen LogP contribution in [-0.4, -0.2) is 9.78 Å². The van der Waals surface area contributed by atoms with Gasteiger partial charge in [0.2, 0.25) is 0 Å². The zero-order chi connectivity index (χ0) is 15.5. The maximum atomic E-state index is 12.0. The van der Waals surface area contributed by atoms with Gasteiger partial charge in [0.25, 0.3) is 5.56 Å². The van der Waals surface area contributed by atoms with E-state index in [1.165, 1.54) is 10.7 Å². The molecule has 6 heteroatoms. The molecule has 1 aromatic carbocycles. The van der Waals surface area contributed by atoms with Gasteiger partial charge in [-0.05, 0) is 39.7 Å². The Bertz CT molecular complexity index is 923. The molecule has 0 saturated carbocycles. The van der Waals surface area contributed by atoms with Gasteiger partial charge in [0.1, 0.15) is 0 Å². The lowest BCUT2D eigenvalue weighted by Gasteiger charge is -2.06. The van der Waals surface area contributed by atoms with Gasteiger partial charge in [-0.15, -0.1) is 11.3 Å². The summed E-state index contributed by atoms with van der Waals surface area (Å²) in [6.45, 7) is 7.51. The van der Waals surface area contributed by atoms with Gasteiger partial charge < -0.3 is 0 Å². The van der Waals surface area contributed by atoms with Crippen molar-refractivity contribution in [3.8, 4) is 11.3 Å². The van der Waals surface area contributed by atoms with Gasteiger partial charge in [-0.2, -0.15) is 5.10 Å². The predicted molar refractivity (Wildman–Crippen MR) is 91.3 cm³/mol. The van der Waals surface area contributed by atoms with Crippen molar-refractivity contribution in [1.82, 2.24) is 9.78 Å². The van der Waals surface area contributed by atoms with Crippen LogP contribution < -0.4 is 5.56 Å². The largest absolute Gasteiger partial charge is 0.268 e. The minimum absolute atomic E-state index is 0.144. The summed E-state index contributed by atoms with van der Waals surface area (Å²) in [5.74, 6) is 0. The van der Waals surface area contributed by atoms with Crippen LogP contribution in [0.15, 0.2) is 57.1 Å². The van der Waals surface area contributed by atoms with E-state index in [2.05, 4.69) is 25.9 Å². The van der Waals surface area contributed by atoms with Crippen LogP contribution in [0.25, 0.3) is 16.1 Å². The fourth-order valence-corrected chi connectivity index (χ4v) is 3.47. The molecular formula is C16H10BrN3OS. The molecule has 0 spiro atoms. The average molecular weight is 372 g/mol. The highest BCUT2D eigenvalue weighted by molar-refractivity contribution is 9.10. The fraction of sp³-hybridized carbons (Fsp3) is 0.0625. The van der Waals surface area contributed by atoms with E-state index in [-0.39, 0.29) is 5.56 Å². The third kappa shape index (κ3) is 3.16. The number of hydrogen-bond donors (Lipinski definition) is 0. The molecule has 3 rings (SSSR count). The molecule has 0 atom stereocenters. The lowest BCUT2D eigenvalue weighted by atomic mass is 10.1. The topological polar surface area (TPSA) is 39.2 Å². The van der Waals surface area contributed by atoms with E-state index in [1.54, 1.807) is 29.5 Å². The molecular weight excluding hydrogens is 362 g/mol. The lowest BCUT2D eigenvalue weighted by Crippen LogP contribution is -2.22. The van der Waals surface area contributed by atoms with Gasteiger partial charge in [-0.25, -0.2) is 9.53 Å². The molecule has 3 aromatic rings. The molecule has 0 aliphatic rings. The molecule has 0 bridgehead atoms. The van der Waals surface area contributed by atoms with E-state index in [4.69, 9.17) is 6.57 Å². The quantitative estimate of drug-likeness (QED) is 0.642. The number of hydrogen-bond acceptors (Lipinski definition) is 3. The second-order valence-electron chi connectivity index (χ2n) is 4.61. The number of aromatic nitrogens is 2. The highest BCUT2D eigenvalue weighted by atomic mass is 79.9. The normalized spacial score (nSPS) is 10.4. The van der Waals surface area contributed by atoms with Crippen molar-refractivity contribution in [2.45, 2.75) is 6.54 Å². The minimum atomic E-state index is -0.144. The zero-order valence-corrected chi connectivity index (χ0v) is 13.8. The van der Waals surface area contributed by atoms with Crippen LogP contribution in [0.5, 0.6) is 0 Å². The first-order valence-electron chi connectivity index (χ1n) is 6.45. The van der Waals surface area contributed by atoms with Gasteiger partial charge >= 0.3 is 0 Å². The molecule has 2 heterocycles. The summed E-state index contributed by atoms with van der Waals surface area (Å²) in [6, 6.07) is 12.4. The molecule has 0 N–H and O–H groups in total. The van der Waals surface area contributed by atoms with Crippen LogP contribution in [0.1, 0.15) is 4.88 Å². The van der Waals surface area contributed by atoms with Crippen LogP contribution in [-0.2, 0) is 6.54 Å². The van der Waals surface area contributed by atoms with Crippen LogP contribution in [0.2, 0.25) is 0 Å². The van der Waals surface area contributed by atoms with E-state index >= 15 is 0 Å². The smallest absolute Gasteiger partial charge is 0.267 e. The monoisotopic (exact) mass is 371 g/mol. The highest BCUT2D eigenvalue weighted by Crippen LogP contribution is 2.23. The molecule has 4 nitrogen and oxygen atoms in total. The van der Waals surface area contributed by atoms with Gasteiger partial charge in [0.05, 0.1) is 18.8 Å². The average Bonchev–Trinajstić information content (AvgIpc) is 2.94. The SMILES string of the molecule is [C-]#[N+]c1cccc(-c2ccc(=O)n(Cc3cc(Br)cs3)n2)c1. The van der Waals surface area contributed by atoms with Gasteiger partial charge in [-0.1, -0.05) is 18.2 Å². The first-order valence-corrected chi connectivity index (χ1v) is 8.12. The molecule has 0 fully saturated rings. The Hall–Kier alpha value is -2.23. The van der Waals surface area contributed by atoms with Crippen molar-refractivity contribution >= 4 is 33.0 Å². The van der Waals surface area contributed by atoms with Crippen molar-refractivity contribution in [3.05, 3.63) is 79.0 Å². The maximum absolute atomic E-state index is 12.0. The van der Waals surface area contributed by atoms with Crippen molar-refractivity contribution < 1.29 is 0 Å². The van der Waals surface area contributed by atoms with E-state index in [0.29, 0.717) is 17.9 Å². The fourth-order valence-electron chi connectivity index (χ4n) is 2.04. The Kier molecular flexibility index (Phi) is 4.18. The number of rotatable bonds is 3. The molecule has 0 amide bonds. The van der Waals surface area contributed by atoms with E-state index in [9.17, 15) is 4.79 Å². The number of nitrogens with zero attached hydrogens (tertiary/aromatic N) is 3. The molecule has 0 aliphatic carbocycles. The van der Waals surface area contributed by atoms with Gasteiger partial charge in [-0.3, -0.25) is 4.79 Å². The van der Waals surface area contributed by atoms with Crippen molar-refractivity contribution in [1.29, 1.82) is 0 Å². The molecule has 2 aromatic heterocycles. The summed E-state index contributed by atoms with van der Waals surface area (Å²) in [6.07, 6.45) is 0. The second kappa shape index (κ2) is 6.26. The molecule has 0 saturated heterocycles. The zero-order valence-electron chi connectivity index (χ0n) is 11.4. The summed E-state index contributed by atoms with van der Waals surface area (Å²) in [5, 5.41) is 6.39. The first kappa shape index (κ1) is 14.7. The van der Waals surface area contributed by atoms with Crippen LogP contribution in [0, 0.1) is 6.57 Å². The third-order valence-electron chi connectivity index (χ3n) is 3.07. The summed E-state index contributed by atoms with van der Waals surface area (Å²) < 4.78 is 2.44. The predicted octanol–water partition coefficient (Wildman–Crippen LogP) is 4.33. The molecule has 108 valence electrons. The summed E-state index contributed by atoms with van der Waals surface area (Å²) in [7, 11) is 0. The Labute approximate surface area is 139 Å². The minimum Gasteiger partial charge on any atom is -0.268 e. The van der Waals surface area contributed by atoms with Gasteiger partial charge in [0.15, 0.2) is 5.69 Å². The second-order valence-corrected chi connectivity index (χ2v) is 6.52. The Balaban J connectivity index is 1.99. The van der Waals surface area contributed by atoms with Crippen LogP contribution in [0.4, 0.5) is 5.69 Å². The van der Waals surface area contributed by atoms with E-state index < -0.39 is 0 Å². The maximum Gasteiger partial charge on any atom is 0.267 e.